The van der Waals surface area contributed by atoms with Gasteiger partial charge in [-0.05, 0) is 88.9 Å². The van der Waals surface area contributed by atoms with Gasteiger partial charge in [0.1, 0.15) is 5.60 Å². The van der Waals surface area contributed by atoms with E-state index in [4.69, 9.17) is 4.74 Å². The highest BCUT2D eigenvalue weighted by atomic mass is 16.6. The summed E-state index contributed by atoms with van der Waals surface area (Å²) in [4.78, 5) is 28.6. The molecule has 1 aromatic carbocycles. The molecule has 0 aromatic heterocycles. The van der Waals surface area contributed by atoms with E-state index in [1.165, 1.54) is 24.0 Å². The molecule has 1 N–H and O–H groups in total. The van der Waals surface area contributed by atoms with Crippen LogP contribution >= 0.6 is 0 Å². The first-order valence-corrected chi connectivity index (χ1v) is 12.3. The number of hydrogen-bond acceptors (Lipinski definition) is 4. The molecular weight excluding hydrogens is 402 g/mol. The van der Waals surface area contributed by atoms with Crippen LogP contribution in [0.2, 0.25) is 0 Å². The van der Waals surface area contributed by atoms with Crippen LogP contribution < -0.4 is 5.32 Å². The number of nitrogens with zero attached hydrogens (tertiary/aromatic N) is 2. The Labute approximate surface area is 192 Å². The second-order valence-corrected chi connectivity index (χ2v) is 10.9. The van der Waals surface area contributed by atoms with Gasteiger partial charge < -0.3 is 19.9 Å². The molecule has 1 spiro atoms. The minimum Gasteiger partial charge on any atom is -0.444 e. The molecule has 6 heteroatoms. The molecule has 0 saturated carbocycles. The average molecular weight is 442 g/mol. The summed E-state index contributed by atoms with van der Waals surface area (Å²) in [5, 5.41) is 3.16. The maximum Gasteiger partial charge on any atom is 0.410 e. The third kappa shape index (κ3) is 4.95. The Kier molecular flexibility index (Phi) is 6.53. The highest BCUT2D eigenvalue weighted by Crippen LogP contribution is 2.48. The van der Waals surface area contributed by atoms with E-state index in [1.807, 2.05) is 25.7 Å². The molecule has 0 bridgehead atoms. The average Bonchev–Trinajstić information content (AvgIpc) is 2.75. The molecule has 2 heterocycles. The topological polar surface area (TPSA) is 61.9 Å². The standard InChI is InChI=1S/C26H39N3O3/c1-19(30)27-23-9-12-26(22-8-6-5-7-21(22)23)13-17-28(18-14-26)20-10-15-29(16-11-20)24(31)32-25(2,3)4/h5-8,20,23H,9-18H2,1-4H3,(H,27,30)/t23-/m0/s1. The summed E-state index contributed by atoms with van der Waals surface area (Å²) in [5.41, 5.74) is 2.56. The van der Waals surface area contributed by atoms with Crippen LogP contribution in [0.5, 0.6) is 0 Å². The van der Waals surface area contributed by atoms with Crippen LogP contribution in [0.15, 0.2) is 24.3 Å². The normalized spacial score (nSPS) is 24.1. The lowest BCUT2D eigenvalue weighted by atomic mass is 9.63. The van der Waals surface area contributed by atoms with Crippen molar-refractivity contribution in [3.63, 3.8) is 0 Å². The van der Waals surface area contributed by atoms with E-state index in [0.717, 1.165) is 51.9 Å². The molecule has 1 aromatic rings. The first-order valence-electron chi connectivity index (χ1n) is 12.3. The second-order valence-electron chi connectivity index (χ2n) is 10.9. The van der Waals surface area contributed by atoms with Crippen LogP contribution in [-0.2, 0) is 14.9 Å². The lowest BCUT2D eigenvalue weighted by Gasteiger charge is -2.49. The molecule has 2 saturated heterocycles. The number of ether oxygens (including phenoxy) is 1. The fourth-order valence-corrected chi connectivity index (χ4v) is 5.97. The lowest BCUT2D eigenvalue weighted by Crippen LogP contribution is -2.52. The van der Waals surface area contributed by atoms with Gasteiger partial charge in [0.05, 0.1) is 6.04 Å². The van der Waals surface area contributed by atoms with Gasteiger partial charge in [-0.15, -0.1) is 0 Å². The van der Waals surface area contributed by atoms with Gasteiger partial charge in [-0.3, -0.25) is 4.79 Å². The maximum atomic E-state index is 12.4. The Morgan fingerprint density at radius 2 is 1.66 bits per heavy atom. The number of carbonyl (C=O) groups excluding carboxylic acids is 2. The number of amides is 2. The Balaban J connectivity index is 1.35. The molecule has 176 valence electrons. The van der Waals surface area contributed by atoms with Crippen LogP contribution in [-0.4, -0.2) is 59.6 Å². The van der Waals surface area contributed by atoms with Gasteiger partial charge in [0.2, 0.25) is 5.91 Å². The van der Waals surface area contributed by atoms with E-state index < -0.39 is 5.60 Å². The van der Waals surface area contributed by atoms with Crippen molar-refractivity contribution >= 4 is 12.0 Å². The smallest absolute Gasteiger partial charge is 0.410 e. The third-order valence-electron chi connectivity index (χ3n) is 7.58. The molecule has 2 amide bonds. The van der Waals surface area contributed by atoms with Gasteiger partial charge in [-0.1, -0.05) is 24.3 Å². The van der Waals surface area contributed by atoms with Crippen LogP contribution in [0.3, 0.4) is 0 Å². The van der Waals surface area contributed by atoms with Gasteiger partial charge in [0, 0.05) is 26.1 Å². The summed E-state index contributed by atoms with van der Waals surface area (Å²) < 4.78 is 5.55. The first-order chi connectivity index (χ1) is 15.2. The van der Waals surface area contributed by atoms with Crippen molar-refractivity contribution in [1.82, 2.24) is 15.1 Å². The summed E-state index contributed by atoms with van der Waals surface area (Å²) in [6.45, 7) is 11.1. The summed E-state index contributed by atoms with van der Waals surface area (Å²) in [6.07, 6.45) is 6.36. The minimum absolute atomic E-state index is 0.0493. The fraction of sp³-hybridized carbons (Fsp3) is 0.692. The largest absolute Gasteiger partial charge is 0.444 e. The molecule has 2 fully saturated rings. The predicted molar refractivity (Wildman–Crippen MR) is 126 cm³/mol. The summed E-state index contributed by atoms with van der Waals surface area (Å²) in [5.74, 6) is 0.0493. The van der Waals surface area contributed by atoms with Gasteiger partial charge in [0.25, 0.3) is 0 Å². The van der Waals surface area contributed by atoms with Gasteiger partial charge in [-0.2, -0.15) is 0 Å². The van der Waals surface area contributed by atoms with Crippen molar-refractivity contribution in [3.05, 3.63) is 35.4 Å². The molecule has 0 unspecified atom stereocenters. The SMILES string of the molecule is CC(=O)N[C@H]1CCC2(CCN(C3CCN(C(=O)OC(C)(C)C)CC3)CC2)c2ccccc21. The van der Waals surface area contributed by atoms with Crippen LogP contribution in [0, 0.1) is 0 Å². The van der Waals surface area contributed by atoms with Gasteiger partial charge in [0.15, 0.2) is 0 Å². The summed E-state index contributed by atoms with van der Waals surface area (Å²) in [6, 6.07) is 9.44. The zero-order chi connectivity index (χ0) is 22.9. The van der Waals surface area contributed by atoms with E-state index in [2.05, 4.69) is 34.5 Å². The minimum atomic E-state index is -0.440. The van der Waals surface area contributed by atoms with Gasteiger partial charge in [-0.25, -0.2) is 4.79 Å². The predicted octanol–water partition coefficient (Wildman–Crippen LogP) is 4.39. The Morgan fingerprint density at radius 3 is 2.28 bits per heavy atom. The Morgan fingerprint density at radius 1 is 1.00 bits per heavy atom. The van der Waals surface area contributed by atoms with Gasteiger partial charge >= 0.3 is 6.09 Å². The summed E-state index contributed by atoms with van der Waals surface area (Å²) in [7, 11) is 0. The quantitative estimate of drug-likeness (QED) is 0.739. The van der Waals surface area contributed by atoms with Crippen LogP contribution in [0.4, 0.5) is 4.79 Å². The van der Waals surface area contributed by atoms with E-state index in [1.54, 1.807) is 6.92 Å². The van der Waals surface area contributed by atoms with Crippen LogP contribution in [0.25, 0.3) is 0 Å². The van der Waals surface area contributed by atoms with E-state index in [-0.39, 0.29) is 23.5 Å². The van der Waals surface area contributed by atoms with Crippen molar-refractivity contribution in [2.75, 3.05) is 26.2 Å². The summed E-state index contributed by atoms with van der Waals surface area (Å²) >= 11 is 0. The molecule has 6 nitrogen and oxygen atoms in total. The Bertz CT molecular complexity index is 831. The number of hydrogen-bond donors (Lipinski definition) is 1. The Hall–Kier alpha value is -2.08. The van der Waals surface area contributed by atoms with Crippen molar-refractivity contribution in [1.29, 1.82) is 0 Å². The monoisotopic (exact) mass is 441 g/mol. The molecule has 1 aliphatic carbocycles. The van der Waals surface area contributed by atoms with E-state index in [9.17, 15) is 9.59 Å². The first kappa shape index (κ1) is 23.1. The number of carbonyl (C=O) groups is 2. The van der Waals surface area contributed by atoms with E-state index in [0.29, 0.717) is 6.04 Å². The second kappa shape index (κ2) is 9.05. The highest BCUT2D eigenvalue weighted by molar-refractivity contribution is 5.73. The van der Waals surface area contributed by atoms with Crippen molar-refractivity contribution in [2.45, 2.75) is 89.3 Å². The molecule has 1 atom stereocenters. The number of likely N-dealkylation sites (tertiary alicyclic amines) is 2. The number of benzene rings is 1. The fourth-order valence-electron chi connectivity index (χ4n) is 5.97. The zero-order valence-corrected chi connectivity index (χ0v) is 20.2. The molecule has 4 rings (SSSR count). The number of nitrogens with one attached hydrogen (secondary N) is 1. The van der Waals surface area contributed by atoms with Crippen LogP contribution in [0.1, 0.15) is 83.4 Å². The molecule has 0 radical (unpaired) electrons. The number of fused-ring (bicyclic) bond motifs is 2. The molecule has 3 aliphatic rings. The maximum absolute atomic E-state index is 12.4. The number of piperidine rings is 2. The molecule has 2 aliphatic heterocycles. The third-order valence-corrected chi connectivity index (χ3v) is 7.58. The van der Waals surface area contributed by atoms with Crippen molar-refractivity contribution in [3.8, 4) is 0 Å². The van der Waals surface area contributed by atoms with Crippen molar-refractivity contribution in [2.24, 2.45) is 0 Å². The molecule has 32 heavy (non-hydrogen) atoms. The zero-order valence-electron chi connectivity index (χ0n) is 20.2. The van der Waals surface area contributed by atoms with Crippen molar-refractivity contribution < 1.29 is 14.3 Å². The molecular formula is C26H39N3O3. The highest BCUT2D eigenvalue weighted by Gasteiger charge is 2.43. The lowest BCUT2D eigenvalue weighted by molar-refractivity contribution is -0.119. The van der Waals surface area contributed by atoms with E-state index >= 15 is 0 Å². The number of rotatable bonds is 2.